The van der Waals surface area contributed by atoms with Crippen LogP contribution in [-0.2, 0) is 0 Å². The first-order valence-corrected chi connectivity index (χ1v) is 4.64. The molecule has 0 aliphatic heterocycles. The van der Waals surface area contributed by atoms with Gasteiger partial charge in [0.15, 0.2) is 0 Å². The molecule has 3 N–H and O–H groups in total. The lowest BCUT2D eigenvalue weighted by Crippen LogP contribution is -2.34. The molecule has 0 saturated carbocycles. The number of aliphatic hydroxyl groups excluding tert-OH is 1. The number of aromatic amines is 1. The summed E-state index contributed by atoms with van der Waals surface area (Å²) >= 11 is 0. The van der Waals surface area contributed by atoms with Crippen LogP contribution in [0.15, 0.2) is 12.3 Å². The molecule has 1 heterocycles. The van der Waals surface area contributed by atoms with Crippen molar-refractivity contribution < 1.29 is 5.11 Å². The summed E-state index contributed by atoms with van der Waals surface area (Å²) in [5.74, 6) is 0. The van der Waals surface area contributed by atoms with Crippen LogP contribution in [0, 0.1) is 0 Å². The molecule has 2 atom stereocenters. The molecule has 0 aliphatic carbocycles. The van der Waals surface area contributed by atoms with Crippen molar-refractivity contribution in [1.82, 2.24) is 15.5 Å². The van der Waals surface area contributed by atoms with Crippen molar-refractivity contribution in [1.29, 1.82) is 0 Å². The molecular weight excluding hydrogens is 166 g/mol. The fourth-order valence-corrected chi connectivity index (χ4v) is 1.25. The van der Waals surface area contributed by atoms with Gasteiger partial charge >= 0.3 is 0 Å². The van der Waals surface area contributed by atoms with E-state index in [1.807, 2.05) is 19.9 Å². The Kier molecular flexibility index (Phi) is 3.92. The van der Waals surface area contributed by atoms with Crippen molar-refractivity contribution in [2.24, 2.45) is 0 Å². The quantitative estimate of drug-likeness (QED) is 0.633. The normalized spacial score (nSPS) is 15.6. The van der Waals surface area contributed by atoms with Crippen molar-refractivity contribution in [3.05, 3.63) is 18.0 Å². The number of aromatic nitrogens is 2. The molecule has 0 amide bonds. The summed E-state index contributed by atoms with van der Waals surface area (Å²) in [6.07, 6.45) is 2.66. The minimum atomic E-state index is 0.165. The van der Waals surface area contributed by atoms with Gasteiger partial charge in [0.25, 0.3) is 0 Å². The fraction of sp³-hybridized carbons (Fsp3) is 0.667. The zero-order chi connectivity index (χ0) is 9.68. The number of aliphatic hydroxyl groups is 1. The Morgan fingerprint density at radius 3 is 2.92 bits per heavy atom. The molecule has 1 unspecified atom stereocenters. The maximum atomic E-state index is 8.98. The molecular formula is C9H17N3O. The van der Waals surface area contributed by atoms with Crippen molar-refractivity contribution in [3.8, 4) is 0 Å². The van der Waals surface area contributed by atoms with Crippen LogP contribution in [0.4, 0.5) is 0 Å². The Balaban J connectivity index is 2.45. The second-order valence-corrected chi connectivity index (χ2v) is 3.19. The molecule has 0 aliphatic rings. The standard InChI is InChI=1S/C9H17N3O/c1-3-8(6-13)11-7(2)9-4-5-10-12-9/h4-5,7-8,11,13H,3,6H2,1-2H3,(H,10,12)/t7?,8-/m0/s1. The van der Waals surface area contributed by atoms with E-state index in [1.54, 1.807) is 6.20 Å². The van der Waals surface area contributed by atoms with Gasteiger partial charge in [0.2, 0.25) is 0 Å². The smallest absolute Gasteiger partial charge is 0.0584 e. The van der Waals surface area contributed by atoms with E-state index in [1.165, 1.54) is 0 Å². The van der Waals surface area contributed by atoms with Gasteiger partial charge in [0.1, 0.15) is 0 Å². The van der Waals surface area contributed by atoms with E-state index in [9.17, 15) is 0 Å². The number of hydrogen-bond acceptors (Lipinski definition) is 3. The average molecular weight is 183 g/mol. The Bertz CT molecular complexity index is 219. The van der Waals surface area contributed by atoms with Gasteiger partial charge in [-0.05, 0) is 19.4 Å². The number of rotatable bonds is 5. The molecule has 0 spiro atoms. The summed E-state index contributed by atoms with van der Waals surface area (Å²) < 4.78 is 0. The van der Waals surface area contributed by atoms with E-state index in [0.29, 0.717) is 0 Å². The summed E-state index contributed by atoms with van der Waals surface area (Å²) in [5, 5.41) is 19.1. The predicted octanol–water partition coefficient (Wildman–Crippen LogP) is 0.831. The highest BCUT2D eigenvalue weighted by Crippen LogP contribution is 2.09. The number of hydrogen-bond donors (Lipinski definition) is 3. The maximum Gasteiger partial charge on any atom is 0.0584 e. The Morgan fingerprint density at radius 2 is 2.46 bits per heavy atom. The van der Waals surface area contributed by atoms with Gasteiger partial charge in [-0.3, -0.25) is 5.10 Å². The minimum Gasteiger partial charge on any atom is -0.395 e. The van der Waals surface area contributed by atoms with E-state index in [2.05, 4.69) is 15.5 Å². The first-order valence-electron chi connectivity index (χ1n) is 4.64. The van der Waals surface area contributed by atoms with E-state index < -0.39 is 0 Å². The van der Waals surface area contributed by atoms with Crippen LogP contribution in [-0.4, -0.2) is 28.0 Å². The van der Waals surface area contributed by atoms with Gasteiger partial charge in [0.05, 0.1) is 12.3 Å². The molecule has 0 aromatic carbocycles. The van der Waals surface area contributed by atoms with Crippen molar-refractivity contribution in [2.45, 2.75) is 32.4 Å². The van der Waals surface area contributed by atoms with Gasteiger partial charge in [-0.25, -0.2) is 0 Å². The molecule has 0 saturated heterocycles. The van der Waals surface area contributed by atoms with Crippen LogP contribution < -0.4 is 5.32 Å². The molecule has 74 valence electrons. The predicted molar refractivity (Wildman–Crippen MR) is 51.3 cm³/mol. The summed E-state index contributed by atoms with van der Waals surface area (Å²) in [6.45, 7) is 4.27. The first-order chi connectivity index (χ1) is 6.27. The Labute approximate surface area is 78.4 Å². The number of nitrogens with zero attached hydrogens (tertiary/aromatic N) is 1. The monoisotopic (exact) mass is 183 g/mol. The second kappa shape index (κ2) is 4.99. The molecule has 1 aromatic heterocycles. The first kappa shape index (κ1) is 10.2. The van der Waals surface area contributed by atoms with E-state index >= 15 is 0 Å². The zero-order valence-corrected chi connectivity index (χ0v) is 8.12. The zero-order valence-electron chi connectivity index (χ0n) is 8.12. The Morgan fingerprint density at radius 1 is 1.69 bits per heavy atom. The van der Waals surface area contributed by atoms with Gasteiger partial charge in [0, 0.05) is 18.3 Å². The van der Waals surface area contributed by atoms with Gasteiger partial charge in [-0.2, -0.15) is 5.10 Å². The summed E-state index contributed by atoms with van der Waals surface area (Å²) in [6, 6.07) is 2.31. The van der Waals surface area contributed by atoms with Crippen LogP contribution >= 0.6 is 0 Å². The minimum absolute atomic E-state index is 0.165. The van der Waals surface area contributed by atoms with Crippen molar-refractivity contribution >= 4 is 0 Å². The summed E-state index contributed by atoms with van der Waals surface area (Å²) in [5.41, 5.74) is 1.05. The average Bonchev–Trinajstić information content (AvgIpc) is 2.66. The van der Waals surface area contributed by atoms with Crippen LogP contribution in [0.5, 0.6) is 0 Å². The lowest BCUT2D eigenvalue weighted by atomic mass is 10.2. The lowest BCUT2D eigenvalue weighted by Gasteiger charge is -2.19. The van der Waals surface area contributed by atoms with Crippen LogP contribution in [0.3, 0.4) is 0 Å². The highest BCUT2D eigenvalue weighted by atomic mass is 16.3. The SMILES string of the molecule is CC[C@@H](CO)NC(C)c1ccn[nH]1. The molecule has 13 heavy (non-hydrogen) atoms. The molecule has 0 radical (unpaired) electrons. The number of H-pyrrole nitrogens is 1. The third-order valence-corrected chi connectivity index (χ3v) is 2.19. The third kappa shape index (κ3) is 2.82. The summed E-state index contributed by atoms with van der Waals surface area (Å²) in [4.78, 5) is 0. The topological polar surface area (TPSA) is 60.9 Å². The van der Waals surface area contributed by atoms with E-state index in [0.717, 1.165) is 12.1 Å². The Hall–Kier alpha value is -0.870. The molecule has 4 nitrogen and oxygen atoms in total. The highest BCUT2D eigenvalue weighted by Gasteiger charge is 2.11. The third-order valence-electron chi connectivity index (χ3n) is 2.19. The molecule has 1 aromatic rings. The van der Waals surface area contributed by atoms with Gasteiger partial charge < -0.3 is 10.4 Å². The summed E-state index contributed by atoms with van der Waals surface area (Å²) in [7, 11) is 0. The largest absolute Gasteiger partial charge is 0.395 e. The van der Waals surface area contributed by atoms with Crippen LogP contribution in [0.25, 0.3) is 0 Å². The van der Waals surface area contributed by atoms with E-state index in [-0.39, 0.29) is 18.7 Å². The molecule has 0 bridgehead atoms. The van der Waals surface area contributed by atoms with Crippen LogP contribution in [0.2, 0.25) is 0 Å². The van der Waals surface area contributed by atoms with Crippen molar-refractivity contribution in [2.75, 3.05) is 6.61 Å². The fourth-order valence-electron chi connectivity index (χ4n) is 1.25. The van der Waals surface area contributed by atoms with Gasteiger partial charge in [-0.1, -0.05) is 6.92 Å². The molecule has 0 fully saturated rings. The molecule has 4 heteroatoms. The lowest BCUT2D eigenvalue weighted by molar-refractivity contribution is 0.229. The number of nitrogens with one attached hydrogen (secondary N) is 2. The van der Waals surface area contributed by atoms with Gasteiger partial charge in [-0.15, -0.1) is 0 Å². The maximum absolute atomic E-state index is 8.98. The van der Waals surface area contributed by atoms with Crippen molar-refractivity contribution in [3.63, 3.8) is 0 Å². The second-order valence-electron chi connectivity index (χ2n) is 3.19. The highest BCUT2D eigenvalue weighted by molar-refractivity contribution is 5.03. The molecule has 1 rings (SSSR count). The van der Waals surface area contributed by atoms with Crippen LogP contribution in [0.1, 0.15) is 32.0 Å². The van der Waals surface area contributed by atoms with E-state index in [4.69, 9.17) is 5.11 Å².